The fraction of sp³-hybridized carbons (Fsp3) is 0.333. The fourth-order valence-electron chi connectivity index (χ4n) is 2.56. The van der Waals surface area contributed by atoms with Crippen molar-refractivity contribution in [3.8, 4) is 0 Å². The Labute approximate surface area is 77.7 Å². The summed E-state index contributed by atoms with van der Waals surface area (Å²) in [6.45, 7) is 0. The molecule has 0 fully saturated rings. The van der Waals surface area contributed by atoms with Gasteiger partial charge in [-0.3, -0.25) is 0 Å². The summed E-state index contributed by atoms with van der Waals surface area (Å²) in [5.41, 5.74) is 2.74. The Morgan fingerprint density at radius 1 is 1.08 bits per heavy atom. The van der Waals surface area contributed by atoms with Crippen molar-refractivity contribution in [2.75, 3.05) is 0 Å². The molecular formula is C12H12O. The maximum Gasteiger partial charge on any atom is 0.0652 e. The van der Waals surface area contributed by atoms with Crippen molar-refractivity contribution in [2.24, 2.45) is 0 Å². The van der Waals surface area contributed by atoms with Crippen molar-refractivity contribution >= 4 is 0 Å². The number of aliphatic hydroxyl groups is 1. The van der Waals surface area contributed by atoms with Gasteiger partial charge >= 0.3 is 0 Å². The van der Waals surface area contributed by atoms with E-state index < -0.39 is 0 Å². The van der Waals surface area contributed by atoms with E-state index in [0.717, 1.165) is 6.42 Å². The second-order valence-corrected chi connectivity index (χ2v) is 3.95. The highest BCUT2D eigenvalue weighted by molar-refractivity contribution is 5.45. The van der Waals surface area contributed by atoms with E-state index >= 15 is 0 Å². The van der Waals surface area contributed by atoms with Gasteiger partial charge in [0.05, 0.1) is 6.10 Å². The van der Waals surface area contributed by atoms with Crippen LogP contribution >= 0.6 is 0 Å². The van der Waals surface area contributed by atoms with Crippen LogP contribution in [0.1, 0.15) is 29.4 Å². The first-order valence-corrected chi connectivity index (χ1v) is 4.81. The Kier molecular flexibility index (Phi) is 1.39. The smallest absolute Gasteiger partial charge is 0.0652 e. The molecule has 1 aromatic carbocycles. The molecule has 3 aliphatic carbocycles. The third-order valence-electron chi connectivity index (χ3n) is 3.22. The minimum Gasteiger partial charge on any atom is -0.392 e. The van der Waals surface area contributed by atoms with Crippen LogP contribution in [-0.4, -0.2) is 11.2 Å². The Bertz CT molecular complexity index is 367. The van der Waals surface area contributed by atoms with Gasteiger partial charge in [0.1, 0.15) is 0 Å². The van der Waals surface area contributed by atoms with Crippen LogP contribution in [0.4, 0.5) is 0 Å². The number of rotatable bonds is 0. The van der Waals surface area contributed by atoms with Crippen molar-refractivity contribution in [3.63, 3.8) is 0 Å². The molecule has 1 heteroatoms. The molecule has 0 heterocycles. The van der Waals surface area contributed by atoms with Gasteiger partial charge in [0.15, 0.2) is 0 Å². The number of allylic oxidation sites excluding steroid dienone is 1. The molecule has 4 rings (SSSR count). The highest BCUT2D eigenvalue weighted by Gasteiger charge is 2.34. The van der Waals surface area contributed by atoms with Gasteiger partial charge in [-0.25, -0.2) is 0 Å². The van der Waals surface area contributed by atoms with Crippen LogP contribution in [0, 0.1) is 0 Å². The summed E-state index contributed by atoms with van der Waals surface area (Å²) in [4.78, 5) is 0. The lowest BCUT2D eigenvalue weighted by Gasteiger charge is -2.37. The summed E-state index contributed by atoms with van der Waals surface area (Å²) >= 11 is 0. The van der Waals surface area contributed by atoms with Gasteiger partial charge in [-0.2, -0.15) is 0 Å². The monoisotopic (exact) mass is 172 g/mol. The van der Waals surface area contributed by atoms with E-state index in [0.29, 0.717) is 5.92 Å². The molecule has 0 spiro atoms. The predicted octanol–water partition coefficient (Wildman–Crippen LogP) is 2.19. The number of benzene rings is 1. The maximum atomic E-state index is 9.79. The van der Waals surface area contributed by atoms with Crippen LogP contribution in [0.3, 0.4) is 0 Å². The average molecular weight is 172 g/mol. The van der Waals surface area contributed by atoms with E-state index in [1.165, 1.54) is 11.1 Å². The van der Waals surface area contributed by atoms with E-state index in [9.17, 15) is 5.11 Å². The SMILES string of the molecule is O[C@H]1C[C@H]2C=C[C@H]1c1ccccc12. The van der Waals surface area contributed by atoms with Crippen molar-refractivity contribution in [1.82, 2.24) is 0 Å². The van der Waals surface area contributed by atoms with E-state index in [2.05, 4.69) is 36.4 Å². The molecule has 3 atom stereocenters. The number of aliphatic hydroxyl groups excluding tert-OH is 1. The lowest BCUT2D eigenvalue weighted by atomic mass is 9.70. The molecule has 0 unspecified atom stereocenters. The van der Waals surface area contributed by atoms with Crippen molar-refractivity contribution in [1.29, 1.82) is 0 Å². The summed E-state index contributed by atoms with van der Waals surface area (Å²) in [6, 6.07) is 8.46. The average Bonchev–Trinajstić information content (AvgIpc) is 2.19. The van der Waals surface area contributed by atoms with Crippen molar-refractivity contribution < 1.29 is 5.11 Å². The first-order chi connectivity index (χ1) is 6.36. The van der Waals surface area contributed by atoms with Crippen LogP contribution in [-0.2, 0) is 0 Å². The second kappa shape index (κ2) is 2.46. The van der Waals surface area contributed by atoms with Crippen LogP contribution in [0.15, 0.2) is 36.4 Å². The van der Waals surface area contributed by atoms with Gasteiger partial charge in [0, 0.05) is 11.8 Å². The van der Waals surface area contributed by atoms with E-state index in [1.54, 1.807) is 0 Å². The van der Waals surface area contributed by atoms with Crippen LogP contribution in [0.5, 0.6) is 0 Å². The highest BCUT2D eigenvalue weighted by Crippen LogP contribution is 2.44. The molecule has 1 aromatic rings. The van der Waals surface area contributed by atoms with Gasteiger partial charge in [-0.1, -0.05) is 36.4 Å². The predicted molar refractivity (Wildman–Crippen MR) is 51.7 cm³/mol. The molecule has 66 valence electrons. The van der Waals surface area contributed by atoms with E-state index in [-0.39, 0.29) is 12.0 Å². The van der Waals surface area contributed by atoms with E-state index in [4.69, 9.17) is 0 Å². The lowest BCUT2D eigenvalue weighted by Crippen LogP contribution is -2.29. The zero-order valence-electron chi connectivity index (χ0n) is 7.35. The first kappa shape index (κ1) is 7.34. The summed E-state index contributed by atoms with van der Waals surface area (Å²) in [5, 5.41) is 9.79. The minimum atomic E-state index is -0.162. The Morgan fingerprint density at radius 3 is 2.62 bits per heavy atom. The summed E-state index contributed by atoms with van der Waals surface area (Å²) in [7, 11) is 0. The molecule has 1 N–H and O–H groups in total. The number of fused-ring (bicyclic) bond motifs is 1. The molecule has 2 bridgehead atoms. The van der Waals surface area contributed by atoms with Gasteiger partial charge < -0.3 is 5.11 Å². The van der Waals surface area contributed by atoms with Crippen LogP contribution in [0.2, 0.25) is 0 Å². The molecule has 3 aliphatic rings. The number of hydrogen-bond acceptors (Lipinski definition) is 1. The normalized spacial score (nSPS) is 34.7. The van der Waals surface area contributed by atoms with Crippen molar-refractivity contribution in [3.05, 3.63) is 47.5 Å². The standard InChI is InChI=1S/C12H12O/c13-12-7-8-5-6-11(12)10-4-2-1-3-9(8)10/h1-6,8,11-13H,7H2/t8-,11+,12+/m1/s1. The topological polar surface area (TPSA) is 20.2 Å². The van der Waals surface area contributed by atoms with Gasteiger partial charge in [-0.15, -0.1) is 0 Å². The maximum absolute atomic E-state index is 9.79. The van der Waals surface area contributed by atoms with Crippen LogP contribution < -0.4 is 0 Å². The first-order valence-electron chi connectivity index (χ1n) is 4.81. The van der Waals surface area contributed by atoms with Gasteiger partial charge in [0.2, 0.25) is 0 Å². The Morgan fingerprint density at radius 2 is 1.85 bits per heavy atom. The molecule has 13 heavy (non-hydrogen) atoms. The Hall–Kier alpha value is -1.08. The molecule has 0 saturated carbocycles. The zero-order valence-corrected chi connectivity index (χ0v) is 7.35. The fourth-order valence-corrected chi connectivity index (χ4v) is 2.56. The molecule has 0 aliphatic heterocycles. The quantitative estimate of drug-likeness (QED) is 0.595. The third kappa shape index (κ3) is 0.909. The molecular weight excluding hydrogens is 160 g/mol. The van der Waals surface area contributed by atoms with Gasteiger partial charge in [-0.05, 0) is 17.5 Å². The number of hydrogen-bond donors (Lipinski definition) is 1. The summed E-state index contributed by atoms with van der Waals surface area (Å²) < 4.78 is 0. The second-order valence-electron chi connectivity index (χ2n) is 3.95. The highest BCUT2D eigenvalue weighted by atomic mass is 16.3. The summed E-state index contributed by atoms with van der Waals surface area (Å²) in [5.74, 6) is 0.706. The van der Waals surface area contributed by atoms with Crippen molar-refractivity contribution in [2.45, 2.75) is 24.4 Å². The van der Waals surface area contributed by atoms with Crippen LogP contribution in [0.25, 0.3) is 0 Å². The minimum absolute atomic E-state index is 0.162. The largest absolute Gasteiger partial charge is 0.392 e. The molecule has 0 aromatic heterocycles. The molecule has 0 saturated heterocycles. The summed E-state index contributed by atoms with van der Waals surface area (Å²) in [6.07, 6.45) is 5.13. The Balaban J connectivity index is 2.21. The lowest BCUT2D eigenvalue weighted by molar-refractivity contribution is 0.130. The molecule has 0 amide bonds. The molecule has 1 nitrogen and oxygen atoms in total. The van der Waals surface area contributed by atoms with Gasteiger partial charge in [0.25, 0.3) is 0 Å². The zero-order chi connectivity index (χ0) is 8.84. The molecule has 0 radical (unpaired) electrons. The third-order valence-corrected chi connectivity index (χ3v) is 3.22. The van der Waals surface area contributed by atoms with E-state index in [1.807, 2.05) is 0 Å².